The molecule has 1 saturated heterocycles. The molecule has 4 rings (SSSR count). The molecule has 3 aromatic rings. The van der Waals surface area contributed by atoms with Gasteiger partial charge in [-0.2, -0.15) is 0 Å². The normalized spacial score (nSPS) is 15.2. The van der Waals surface area contributed by atoms with Crippen LogP contribution in [-0.4, -0.2) is 21.6 Å². The lowest BCUT2D eigenvalue weighted by Crippen LogP contribution is -2.17. The fourth-order valence-corrected chi connectivity index (χ4v) is 3.60. The largest absolute Gasteiger partial charge is 0.573 e. The Morgan fingerprint density at radius 2 is 1.97 bits per heavy atom. The second kappa shape index (κ2) is 7.85. The number of aromatic nitrogens is 1. The van der Waals surface area contributed by atoms with Gasteiger partial charge < -0.3 is 14.5 Å². The molecule has 1 aliphatic heterocycles. The van der Waals surface area contributed by atoms with E-state index in [1.165, 1.54) is 30.5 Å². The van der Waals surface area contributed by atoms with Crippen molar-refractivity contribution in [2.75, 3.05) is 0 Å². The summed E-state index contributed by atoms with van der Waals surface area (Å²) in [6, 6.07) is 6.92. The zero-order valence-corrected chi connectivity index (χ0v) is 16.4. The van der Waals surface area contributed by atoms with Gasteiger partial charge in [0.2, 0.25) is 0 Å². The van der Waals surface area contributed by atoms with Crippen molar-refractivity contribution in [3.63, 3.8) is 0 Å². The Morgan fingerprint density at radius 1 is 1.20 bits per heavy atom. The number of hydrogen-bond acceptors (Lipinski definition) is 6. The SMILES string of the molecule is O=C1NC(=S)S/C1=C\c1cc2cncc(C#Cc3ccc(OC(F)(F)F)cc3)c2o1. The van der Waals surface area contributed by atoms with Crippen molar-refractivity contribution < 1.29 is 27.1 Å². The van der Waals surface area contributed by atoms with Gasteiger partial charge in [-0.05, 0) is 30.3 Å². The van der Waals surface area contributed by atoms with Gasteiger partial charge in [0.25, 0.3) is 5.91 Å². The van der Waals surface area contributed by atoms with Crippen molar-refractivity contribution >= 4 is 51.3 Å². The number of ether oxygens (including phenoxy) is 1. The third-order valence-electron chi connectivity index (χ3n) is 3.79. The molecule has 3 heterocycles. The van der Waals surface area contributed by atoms with Crippen LogP contribution in [0.2, 0.25) is 0 Å². The lowest BCUT2D eigenvalue weighted by molar-refractivity contribution is -0.274. The fraction of sp³-hybridized carbons (Fsp3) is 0.0500. The molecule has 5 nitrogen and oxygen atoms in total. The number of furan rings is 1. The summed E-state index contributed by atoms with van der Waals surface area (Å²) in [5.41, 5.74) is 1.46. The summed E-state index contributed by atoms with van der Waals surface area (Å²) in [6.07, 6.45) is -0.0515. The highest BCUT2D eigenvalue weighted by Gasteiger charge is 2.30. The molecule has 1 aliphatic rings. The maximum absolute atomic E-state index is 12.2. The number of nitrogens with zero attached hydrogens (tertiary/aromatic N) is 1. The molecule has 1 amide bonds. The highest BCUT2D eigenvalue weighted by Crippen LogP contribution is 2.29. The number of fused-ring (bicyclic) bond motifs is 1. The Bertz CT molecular complexity index is 1250. The van der Waals surface area contributed by atoms with E-state index in [1.54, 1.807) is 18.3 Å². The Morgan fingerprint density at radius 3 is 2.63 bits per heavy atom. The molecule has 0 spiro atoms. The van der Waals surface area contributed by atoms with E-state index in [4.69, 9.17) is 16.6 Å². The number of rotatable bonds is 2. The van der Waals surface area contributed by atoms with Gasteiger partial charge in [0, 0.05) is 29.4 Å². The Kier molecular flexibility index (Phi) is 5.24. The van der Waals surface area contributed by atoms with Crippen molar-refractivity contribution in [3.05, 3.63) is 64.5 Å². The van der Waals surface area contributed by atoms with Crippen molar-refractivity contribution in [1.82, 2.24) is 10.3 Å². The second-order valence-corrected chi connectivity index (χ2v) is 7.65. The minimum Gasteiger partial charge on any atom is -0.455 e. The third-order valence-corrected chi connectivity index (χ3v) is 4.95. The highest BCUT2D eigenvalue weighted by molar-refractivity contribution is 8.26. The fourth-order valence-electron chi connectivity index (χ4n) is 2.57. The van der Waals surface area contributed by atoms with Gasteiger partial charge in [-0.1, -0.05) is 35.8 Å². The topological polar surface area (TPSA) is 64.4 Å². The number of carbonyl (C=O) groups excluding carboxylic acids is 1. The van der Waals surface area contributed by atoms with E-state index in [1.807, 2.05) is 0 Å². The van der Waals surface area contributed by atoms with Crippen LogP contribution in [0.5, 0.6) is 5.75 Å². The van der Waals surface area contributed by atoms with Gasteiger partial charge in [0.1, 0.15) is 15.8 Å². The molecule has 0 atom stereocenters. The van der Waals surface area contributed by atoms with Crippen LogP contribution in [0.15, 0.2) is 52.0 Å². The van der Waals surface area contributed by atoms with Crippen molar-refractivity contribution in [2.24, 2.45) is 0 Å². The number of hydrogen-bond donors (Lipinski definition) is 1. The van der Waals surface area contributed by atoms with Crippen LogP contribution in [0.1, 0.15) is 16.9 Å². The number of carbonyl (C=O) groups is 1. The van der Waals surface area contributed by atoms with E-state index in [0.29, 0.717) is 37.1 Å². The van der Waals surface area contributed by atoms with Crippen LogP contribution in [0, 0.1) is 11.8 Å². The lowest BCUT2D eigenvalue weighted by atomic mass is 10.2. The highest BCUT2D eigenvalue weighted by atomic mass is 32.2. The summed E-state index contributed by atoms with van der Waals surface area (Å²) in [5, 5.41) is 3.22. The standard InChI is InChI=1S/C20H9F3N2O3S2/c21-20(22,23)28-14-5-2-11(3-6-14)1-4-12-9-24-10-13-7-15(27-17(12)13)8-16-18(26)25-19(29)30-16/h2-3,5-10H,(H,25,26,29)/b16-8-. The van der Waals surface area contributed by atoms with Crippen molar-refractivity contribution in [2.45, 2.75) is 6.36 Å². The molecule has 30 heavy (non-hydrogen) atoms. The number of thioether (sulfide) groups is 1. The molecular formula is C20H9F3N2O3S2. The van der Waals surface area contributed by atoms with Gasteiger partial charge in [0.05, 0.1) is 10.5 Å². The quantitative estimate of drug-likeness (QED) is 0.352. The maximum atomic E-state index is 12.2. The van der Waals surface area contributed by atoms with Gasteiger partial charge in [-0.15, -0.1) is 13.2 Å². The molecule has 0 aliphatic carbocycles. The van der Waals surface area contributed by atoms with E-state index in [-0.39, 0.29) is 11.7 Å². The molecule has 10 heteroatoms. The number of nitrogens with one attached hydrogen (secondary N) is 1. The van der Waals surface area contributed by atoms with Crippen LogP contribution >= 0.6 is 24.0 Å². The van der Waals surface area contributed by atoms with E-state index in [2.05, 4.69) is 26.9 Å². The molecule has 2 aromatic heterocycles. The average molecular weight is 446 g/mol. The van der Waals surface area contributed by atoms with E-state index >= 15 is 0 Å². The minimum absolute atomic E-state index is 0.290. The van der Waals surface area contributed by atoms with E-state index in [9.17, 15) is 18.0 Å². The monoisotopic (exact) mass is 446 g/mol. The summed E-state index contributed by atoms with van der Waals surface area (Å²) in [5.74, 6) is 5.58. The number of benzene rings is 1. The summed E-state index contributed by atoms with van der Waals surface area (Å²) >= 11 is 6.10. The smallest absolute Gasteiger partial charge is 0.455 e. The van der Waals surface area contributed by atoms with Gasteiger partial charge in [-0.3, -0.25) is 9.78 Å². The number of halogens is 3. The summed E-state index contributed by atoms with van der Waals surface area (Å²) in [6.45, 7) is 0. The van der Waals surface area contributed by atoms with Crippen LogP contribution in [0.3, 0.4) is 0 Å². The molecule has 0 radical (unpaired) electrons. The first kappa shape index (κ1) is 20.0. The Labute approximate surface area is 177 Å². The zero-order valence-electron chi connectivity index (χ0n) is 14.7. The molecule has 0 saturated carbocycles. The number of pyridine rings is 1. The first-order valence-electron chi connectivity index (χ1n) is 8.27. The maximum Gasteiger partial charge on any atom is 0.573 e. The molecule has 0 unspecified atom stereocenters. The molecule has 1 fully saturated rings. The number of alkyl halides is 3. The number of amides is 1. The average Bonchev–Trinajstić information content (AvgIpc) is 3.22. The summed E-state index contributed by atoms with van der Waals surface area (Å²) in [7, 11) is 0. The van der Waals surface area contributed by atoms with Gasteiger partial charge in [0.15, 0.2) is 5.58 Å². The Hall–Kier alpha value is -3.29. The van der Waals surface area contributed by atoms with E-state index in [0.717, 1.165) is 11.8 Å². The van der Waals surface area contributed by atoms with Crippen molar-refractivity contribution in [1.29, 1.82) is 0 Å². The lowest BCUT2D eigenvalue weighted by Gasteiger charge is -2.07. The molecule has 1 aromatic carbocycles. The minimum atomic E-state index is -4.75. The van der Waals surface area contributed by atoms with Crippen LogP contribution < -0.4 is 10.1 Å². The van der Waals surface area contributed by atoms with E-state index < -0.39 is 6.36 Å². The predicted molar refractivity (Wildman–Crippen MR) is 109 cm³/mol. The first-order valence-corrected chi connectivity index (χ1v) is 9.49. The number of thiocarbonyl (C=S) groups is 1. The zero-order chi connectivity index (χ0) is 21.3. The summed E-state index contributed by atoms with van der Waals surface area (Å²) in [4.78, 5) is 16.3. The predicted octanol–water partition coefficient (Wildman–Crippen LogP) is 4.62. The molecule has 1 N–H and O–H groups in total. The van der Waals surface area contributed by atoms with Crippen LogP contribution in [0.25, 0.3) is 17.0 Å². The van der Waals surface area contributed by atoms with Crippen LogP contribution in [-0.2, 0) is 4.79 Å². The van der Waals surface area contributed by atoms with Gasteiger partial charge in [-0.25, -0.2) is 0 Å². The van der Waals surface area contributed by atoms with Crippen LogP contribution in [0.4, 0.5) is 13.2 Å². The molecule has 0 bridgehead atoms. The Balaban J connectivity index is 1.60. The first-order chi connectivity index (χ1) is 14.3. The molecule has 150 valence electrons. The van der Waals surface area contributed by atoms with Crippen molar-refractivity contribution in [3.8, 4) is 17.6 Å². The van der Waals surface area contributed by atoms with Gasteiger partial charge >= 0.3 is 6.36 Å². The molecular weight excluding hydrogens is 437 g/mol. The third kappa shape index (κ3) is 4.64. The second-order valence-electron chi connectivity index (χ2n) is 5.93. The summed E-state index contributed by atoms with van der Waals surface area (Å²) < 4.78 is 46.7.